The first kappa shape index (κ1) is 13.1. The molecule has 0 saturated heterocycles. The van der Waals surface area contributed by atoms with E-state index in [1.165, 1.54) is 0 Å². The second kappa shape index (κ2) is 5.64. The van der Waals surface area contributed by atoms with E-state index in [1.54, 1.807) is 11.2 Å². The van der Waals surface area contributed by atoms with Gasteiger partial charge in [0.05, 0.1) is 23.3 Å². The lowest BCUT2D eigenvalue weighted by Crippen LogP contribution is -2.12. The molecule has 0 bridgehead atoms. The molecule has 0 aliphatic carbocycles. The SMILES string of the molecule is COc1ccc(C2=NC(c3ccccc3)N(Br)O2)cc1. The highest BCUT2D eigenvalue weighted by atomic mass is 79.9. The fourth-order valence-corrected chi connectivity index (χ4v) is 2.46. The van der Waals surface area contributed by atoms with Crippen LogP contribution < -0.4 is 4.74 Å². The molecule has 102 valence electrons. The fourth-order valence-electron chi connectivity index (χ4n) is 1.99. The summed E-state index contributed by atoms with van der Waals surface area (Å²) in [5.41, 5.74) is 1.97. The lowest BCUT2D eigenvalue weighted by molar-refractivity contribution is 0.0367. The summed E-state index contributed by atoms with van der Waals surface area (Å²) < 4.78 is 6.71. The van der Waals surface area contributed by atoms with Crippen molar-refractivity contribution < 1.29 is 9.57 Å². The van der Waals surface area contributed by atoms with E-state index >= 15 is 0 Å². The highest BCUT2D eigenvalue weighted by Crippen LogP contribution is 2.32. The van der Waals surface area contributed by atoms with E-state index in [0.29, 0.717) is 5.90 Å². The highest BCUT2D eigenvalue weighted by Gasteiger charge is 2.29. The Hall–Kier alpha value is -1.85. The molecule has 1 unspecified atom stereocenters. The van der Waals surface area contributed by atoms with Crippen molar-refractivity contribution in [3.63, 3.8) is 0 Å². The van der Waals surface area contributed by atoms with Crippen molar-refractivity contribution in [2.45, 2.75) is 6.17 Å². The van der Waals surface area contributed by atoms with Crippen LogP contribution in [-0.2, 0) is 4.84 Å². The van der Waals surface area contributed by atoms with Crippen molar-refractivity contribution in [3.8, 4) is 5.75 Å². The van der Waals surface area contributed by atoms with Crippen molar-refractivity contribution in [2.24, 2.45) is 4.99 Å². The number of hydrogen-bond donors (Lipinski definition) is 0. The van der Waals surface area contributed by atoms with E-state index in [0.717, 1.165) is 16.9 Å². The number of benzene rings is 2. The van der Waals surface area contributed by atoms with Gasteiger partial charge in [0.25, 0.3) is 0 Å². The van der Waals surface area contributed by atoms with Crippen LogP contribution in [0.4, 0.5) is 0 Å². The largest absolute Gasteiger partial charge is 0.497 e. The van der Waals surface area contributed by atoms with Crippen molar-refractivity contribution in [2.75, 3.05) is 7.11 Å². The standard InChI is InChI=1S/C15H13BrN2O2/c1-19-13-9-7-12(8-10-13)15-17-14(18(16)20-15)11-5-3-2-4-6-11/h2-10,14H,1H3. The summed E-state index contributed by atoms with van der Waals surface area (Å²) in [5, 5.41) is 0. The third-order valence-corrected chi connectivity index (χ3v) is 3.57. The first-order valence-electron chi connectivity index (χ1n) is 6.18. The molecule has 4 nitrogen and oxygen atoms in total. The summed E-state index contributed by atoms with van der Waals surface area (Å²) >= 11 is 3.38. The quantitative estimate of drug-likeness (QED) is 0.804. The van der Waals surface area contributed by atoms with Crippen LogP contribution in [0, 0.1) is 0 Å². The van der Waals surface area contributed by atoms with Gasteiger partial charge in [-0.25, -0.2) is 4.99 Å². The van der Waals surface area contributed by atoms with E-state index in [2.05, 4.69) is 21.1 Å². The molecule has 0 aromatic heterocycles. The van der Waals surface area contributed by atoms with Crippen LogP contribution >= 0.6 is 16.1 Å². The topological polar surface area (TPSA) is 34.1 Å². The van der Waals surface area contributed by atoms with Gasteiger partial charge in [-0.1, -0.05) is 30.3 Å². The summed E-state index contributed by atoms with van der Waals surface area (Å²) in [6.45, 7) is 0. The van der Waals surface area contributed by atoms with Crippen LogP contribution in [0.3, 0.4) is 0 Å². The molecule has 20 heavy (non-hydrogen) atoms. The van der Waals surface area contributed by atoms with E-state index in [4.69, 9.17) is 9.57 Å². The third kappa shape index (κ3) is 2.55. The van der Waals surface area contributed by atoms with Gasteiger partial charge >= 0.3 is 0 Å². The van der Waals surface area contributed by atoms with Crippen molar-refractivity contribution in [1.29, 1.82) is 0 Å². The number of nitrogens with zero attached hydrogens (tertiary/aromatic N) is 2. The molecule has 0 spiro atoms. The Morgan fingerprint density at radius 2 is 1.80 bits per heavy atom. The van der Waals surface area contributed by atoms with E-state index in [-0.39, 0.29) is 6.17 Å². The predicted molar refractivity (Wildman–Crippen MR) is 80.6 cm³/mol. The second-order valence-corrected chi connectivity index (χ2v) is 5.01. The molecule has 1 heterocycles. The number of hydroxylamine groups is 1. The second-order valence-electron chi connectivity index (χ2n) is 4.31. The minimum Gasteiger partial charge on any atom is -0.497 e. The first-order chi connectivity index (χ1) is 9.78. The summed E-state index contributed by atoms with van der Waals surface area (Å²) in [4.78, 5) is 10.2. The summed E-state index contributed by atoms with van der Waals surface area (Å²) in [6, 6.07) is 17.6. The molecule has 0 amide bonds. The number of aliphatic imine (C=N–C) groups is 1. The molecule has 2 aromatic rings. The predicted octanol–water partition coefficient (Wildman–Crippen LogP) is 3.70. The lowest BCUT2D eigenvalue weighted by atomic mass is 10.2. The van der Waals surface area contributed by atoms with Gasteiger partial charge in [-0.2, -0.15) is 0 Å². The maximum absolute atomic E-state index is 5.65. The zero-order chi connectivity index (χ0) is 13.9. The first-order valence-corrected chi connectivity index (χ1v) is 6.89. The van der Waals surface area contributed by atoms with Gasteiger partial charge < -0.3 is 9.57 Å². The van der Waals surface area contributed by atoms with E-state index < -0.39 is 0 Å². The number of methoxy groups -OCH3 is 1. The van der Waals surface area contributed by atoms with Crippen molar-refractivity contribution >= 4 is 22.0 Å². The van der Waals surface area contributed by atoms with Crippen LogP contribution in [-0.4, -0.2) is 17.1 Å². The molecule has 0 radical (unpaired) electrons. The van der Waals surface area contributed by atoms with Gasteiger partial charge in [0.15, 0.2) is 6.17 Å². The molecular weight excluding hydrogens is 320 g/mol. The normalized spacial score (nSPS) is 18.5. The Labute approximate surface area is 125 Å². The molecule has 2 aromatic carbocycles. The van der Waals surface area contributed by atoms with Crippen LogP contribution in [0.2, 0.25) is 0 Å². The molecule has 1 atom stereocenters. The number of hydrogen-bond acceptors (Lipinski definition) is 4. The Bertz CT molecular complexity index is 614. The van der Waals surface area contributed by atoms with Crippen LogP contribution in [0.5, 0.6) is 5.75 Å². The summed E-state index contributed by atoms with van der Waals surface area (Å²) in [5.74, 6) is 1.39. The Morgan fingerprint density at radius 1 is 1.10 bits per heavy atom. The monoisotopic (exact) mass is 332 g/mol. The Kier molecular flexibility index (Phi) is 3.71. The fraction of sp³-hybridized carbons (Fsp3) is 0.133. The Balaban J connectivity index is 1.87. The van der Waals surface area contributed by atoms with Crippen molar-refractivity contribution in [1.82, 2.24) is 4.09 Å². The molecule has 1 aliphatic rings. The average molecular weight is 333 g/mol. The molecule has 1 aliphatic heterocycles. The highest BCUT2D eigenvalue weighted by molar-refractivity contribution is 9.07. The average Bonchev–Trinajstić information content (AvgIpc) is 2.90. The van der Waals surface area contributed by atoms with Gasteiger partial charge in [-0.05, 0) is 33.9 Å². The molecule has 5 heteroatoms. The molecular formula is C15H13BrN2O2. The summed E-state index contributed by atoms with van der Waals surface area (Å²) in [6.07, 6.45) is -0.187. The van der Waals surface area contributed by atoms with Gasteiger partial charge in [0, 0.05) is 5.56 Å². The zero-order valence-electron chi connectivity index (χ0n) is 10.9. The molecule has 3 rings (SSSR count). The maximum atomic E-state index is 5.65. The number of halogens is 1. The Morgan fingerprint density at radius 3 is 2.45 bits per heavy atom. The molecule has 0 fully saturated rings. The van der Waals surface area contributed by atoms with Crippen molar-refractivity contribution in [3.05, 3.63) is 65.7 Å². The summed E-state index contributed by atoms with van der Waals surface area (Å²) in [7, 11) is 1.64. The maximum Gasteiger partial charge on any atom is 0.244 e. The van der Waals surface area contributed by atoms with Gasteiger partial charge in [0.2, 0.25) is 5.90 Å². The minimum absolute atomic E-state index is 0.187. The third-order valence-electron chi connectivity index (χ3n) is 3.04. The van der Waals surface area contributed by atoms with E-state index in [9.17, 15) is 0 Å². The number of ether oxygens (including phenoxy) is 1. The molecule has 0 saturated carbocycles. The molecule has 0 N–H and O–H groups in total. The minimum atomic E-state index is -0.187. The van der Waals surface area contributed by atoms with Crippen LogP contribution in [0.25, 0.3) is 0 Å². The van der Waals surface area contributed by atoms with E-state index in [1.807, 2.05) is 54.6 Å². The van der Waals surface area contributed by atoms with Gasteiger partial charge in [-0.3, -0.25) is 0 Å². The smallest absolute Gasteiger partial charge is 0.244 e. The van der Waals surface area contributed by atoms with Crippen LogP contribution in [0.15, 0.2) is 59.6 Å². The lowest BCUT2D eigenvalue weighted by Gasteiger charge is -2.13. The van der Waals surface area contributed by atoms with Gasteiger partial charge in [0.1, 0.15) is 5.75 Å². The van der Waals surface area contributed by atoms with Crippen LogP contribution in [0.1, 0.15) is 17.3 Å². The zero-order valence-corrected chi connectivity index (χ0v) is 12.4. The van der Waals surface area contributed by atoms with Gasteiger partial charge in [-0.15, -0.1) is 0 Å². The number of rotatable bonds is 3.